The standard InChI is InChI=1S/C15H17F3N4O2/c16-15(17,18)10-5-8-19-11(20-10)9-22-12(23)14(21-13(22)24)6-3-1-2-4-7-14/h5,8H,1-4,6-7,9H2,(H,21,24). The predicted octanol–water partition coefficient (Wildman–Crippen LogP) is 2.64. The van der Waals surface area contributed by atoms with Crippen LogP contribution in [0.3, 0.4) is 0 Å². The van der Waals surface area contributed by atoms with Gasteiger partial charge in [0, 0.05) is 6.20 Å². The number of halogens is 3. The molecule has 1 aromatic heterocycles. The van der Waals surface area contributed by atoms with Crippen molar-refractivity contribution in [2.75, 3.05) is 0 Å². The van der Waals surface area contributed by atoms with Gasteiger partial charge in [-0.2, -0.15) is 13.2 Å². The molecule has 1 aromatic rings. The Morgan fingerprint density at radius 3 is 2.46 bits per heavy atom. The third-order valence-electron chi connectivity index (χ3n) is 4.50. The monoisotopic (exact) mass is 342 g/mol. The van der Waals surface area contributed by atoms with Crippen LogP contribution in [0.1, 0.15) is 50.0 Å². The molecule has 1 aliphatic heterocycles. The molecule has 1 spiro atoms. The van der Waals surface area contributed by atoms with Crippen LogP contribution in [0.4, 0.5) is 18.0 Å². The number of rotatable bonds is 2. The zero-order valence-corrected chi connectivity index (χ0v) is 12.9. The van der Waals surface area contributed by atoms with E-state index in [-0.39, 0.29) is 12.4 Å². The molecule has 0 radical (unpaired) electrons. The van der Waals surface area contributed by atoms with Gasteiger partial charge in [0.25, 0.3) is 5.91 Å². The minimum Gasteiger partial charge on any atom is -0.323 e. The van der Waals surface area contributed by atoms with Crippen molar-refractivity contribution in [3.63, 3.8) is 0 Å². The molecule has 0 atom stereocenters. The molecular weight excluding hydrogens is 325 g/mol. The van der Waals surface area contributed by atoms with Gasteiger partial charge in [0.15, 0.2) is 0 Å². The van der Waals surface area contributed by atoms with Crippen LogP contribution in [0.5, 0.6) is 0 Å². The van der Waals surface area contributed by atoms with Crippen LogP contribution in [-0.4, -0.2) is 32.3 Å². The molecule has 1 aliphatic carbocycles. The van der Waals surface area contributed by atoms with Gasteiger partial charge in [-0.25, -0.2) is 14.8 Å². The second kappa shape index (κ2) is 6.03. The number of amides is 3. The first-order chi connectivity index (χ1) is 11.3. The quantitative estimate of drug-likeness (QED) is 0.839. The van der Waals surface area contributed by atoms with Gasteiger partial charge >= 0.3 is 12.2 Å². The van der Waals surface area contributed by atoms with Crippen LogP contribution in [0, 0.1) is 0 Å². The first-order valence-electron chi connectivity index (χ1n) is 7.85. The first-order valence-corrected chi connectivity index (χ1v) is 7.85. The second-order valence-electron chi connectivity index (χ2n) is 6.17. The van der Waals surface area contributed by atoms with Crippen molar-refractivity contribution in [1.82, 2.24) is 20.2 Å². The summed E-state index contributed by atoms with van der Waals surface area (Å²) in [7, 11) is 0. The van der Waals surface area contributed by atoms with Crippen LogP contribution in [0.15, 0.2) is 12.3 Å². The van der Waals surface area contributed by atoms with E-state index < -0.39 is 29.3 Å². The molecule has 1 N–H and O–H groups in total. The van der Waals surface area contributed by atoms with Crippen LogP contribution < -0.4 is 5.32 Å². The summed E-state index contributed by atoms with van der Waals surface area (Å²) in [5.41, 5.74) is -2.02. The molecular formula is C15H17F3N4O2. The van der Waals surface area contributed by atoms with E-state index in [2.05, 4.69) is 15.3 Å². The van der Waals surface area contributed by atoms with Gasteiger partial charge in [0.2, 0.25) is 0 Å². The summed E-state index contributed by atoms with van der Waals surface area (Å²) in [6.07, 6.45) is 1.15. The number of hydrogen-bond acceptors (Lipinski definition) is 4. The van der Waals surface area contributed by atoms with Gasteiger partial charge in [-0.3, -0.25) is 9.69 Å². The van der Waals surface area contributed by atoms with Crippen molar-refractivity contribution in [3.8, 4) is 0 Å². The highest BCUT2D eigenvalue weighted by atomic mass is 19.4. The Balaban J connectivity index is 1.80. The van der Waals surface area contributed by atoms with Gasteiger partial charge in [-0.05, 0) is 18.9 Å². The number of nitrogens with one attached hydrogen (secondary N) is 1. The molecule has 6 nitrogen and oxygen atoms in total. The normalized spacial score (nSPS) is 21.0. The first kappa shape index (κ1) is 16.7. The van der Waals surface area contributed by atoms with Crippen molar-refractivity contribution in [2.24, 2.45) is 0 Å². The Bertz CT molecular complexity index is 654. The molecule has 2 aliphatic rings. The minimum absolute atomic E-state index is 0.209. The Morgan fingerprint density at radius 2 is 1.83 bits per heavy atom. The number of aromatic nitrogens is 2. The van der Waals surface area contributed by atoms with Crippen molar-refractivity contribution in [3.05, 3.63) is 23.8 Å². The van der Waals surface area contributed by atoms with Crippen LogP contribution >= 0.6 is 0 Å². The number of imide groups is 1. The fourth-order valence-corrected chi connectivity index (χ4v) is 3.27. The molecule has 9 heteroatoms. The van der Waals surface area contributed by atoms with Crippen molar-refractivity contribution < 1.29 is 22.8 Å². The van der Waals surface area contributed by atoms with E-state index >= 15 is 0 Å². The fourth-order valence-electron chi connectivity index (χ4n) is 3.27. The Morgan fingerprint density at radius 1 is 1.17 bits per heavy atom. The largest absolute Gasteiger partial charge is 0.433 e. The average Bonchev–Trinajstić information content (AvgIpc) is 2.71. The van der Waals surface area contributed by atoms with Gasteiger partial charge in [-0.1, -0.05) is 25.7 Å². The summed E-state index contributed by atoms with van der Waals surface area (Å²) >= 11 is 0. The molecule has 2 heterocycles. The third-order valence-corrected chi connectivity index (χ3v) is 4.50. The second-order valence-corrected chi connectivity index (χ2v) is 6.17. The topological polar surface area (TPSA) is 75.2 Å². The van der Waals surface area contributed by atoms with E-state index in [0.29, 0.717) is 12.8 Å². The molecule has 24 heavy (non-hydrogen) atoms. The number of urea groups is 1. The molecule has 0 bridgehead atoms. The number of nitrogens with zero attached hydrogens (tertiary/aromatic N) is 3. The summed E-state index contributed by atoms with van der Waals surface area (Å²) in [5.74, 6) is -0.602. The fraction of sp³-hybridized carbons (Fsp3) is 0.600. The number of carbonyl (C=O) groups is 2. The van der Waals surface area contributed by atoms with E-state index in [1.54, 1.807) is 0 Å². The average molecular weight is 342 g/mol. The van der Waals surface area contributed by atoms with Crippen LogP contribution in [0.25, 0.3) is 0 Å². The van der Waals surface area contributed by atoms with Gasteiger partial charge in [0.1, 0.15) is 17.1 Å². The number of carbonyl (C=O) groups excluding carboxylic acids is 2. The van der Waals surface area contributed by atoms with Crippen LogP contribution in [-0.2, 0) is 17.5 Å². The van der Waals surface area contributed by atoms with Crippen molar-refractivity contribution in [1.29, 1.82) is 0 Å². The van der Waals surface area contributed by atoms with E-state index in [1.165, 1.54) is 0 Å². The summed E-state index contributed by atoms with van der Waals surface area (Å²) in [6, 6.07) is 0.158. The maximum Gasteiger partial charge on any atom is 0.433 e. The lowest BCUT2D eigenvalue weighted by Gasteiger charge is -2.24. The van der Waals surface area contributed by atoms with E-state index in [9.17, 15) is 22.8 Å². The maximum atomic E-state index is 12.7. The lowest BCUT2D eigenvalue weighted by molar-refractivity contribution is -0.141. The van der Waals surface area contributed by atoms with E-state index in [1.807, 2.05) is 0 Å². The highest BCUT2D eigenvalue weighted by molar-refractivity contribution is 6.06. The van der Waals surface area contributed by atoms with E-state index in [4.69, 9.17) is 0 Å². The molecule has 1 saturated carbocycles. The third kappa shape index (κ3) is 3.07. The summed E-state index contributed by atoms with van der Waals surface area (Å²) in [5, 5.41) is 2.73. The zero-order chi connectivity index (χ0) is 17.4. The molecule has 0 aromatic carbocycles. The van der Waals surface area contributed by atoms with Crippen molar-refractivity contribution >= 4 is 11.9 Å². The maximum absolute atomic E-state index is 12.7. The summed E-state index contributed by atoms with van der Waals surface area (Å²) in [4.78, 5) is 33.0. The van der Waals surface area contributed by atoms with Crippen molar-refractivity contribution in [2.45, 2.75) is 56.8 Å². The molecule has 2 fully saturated rings. The molecule has 3 amide bonds. The molecule has 0 unspecified atom stereocenters. The van der Waals surface area contributed by atoms with Crippen LogP contribution in [0.2, 0.25) is 0 Å². The van der Waals surface area contributed by atoms with Gasteiger partial charge < -0.3 is 5.32 Å². The number of alkyl halides is 3. The van der Waals surface area contributed by atoms with E-state index in [0.717, 1.165) is 42.8 Å². The lowest BCUT2D eigenvalue weighted by atomic mass is 9.90. The molecule has 1 saturated heterocycles. The highest BCUT2D eigenvalue weighted by Crippen LogP contribution is 2.33. The number of hydrogen-bond donors (Lipinski definition) is 1. The Labute approximate surface area is 136 Å². The summed E-state index contributed by atoms with van der Waals surface area (Å²) < 4.78 is 38.1. The Kier molecular flexibility index (Phi) is 4.18. The highest BCUT2D eigenvalue weighted by Gasteiger charge is 2.50. The molecule has 3 rings (SSSR count). The predicted molar refractivity (Wildman–Crippen MR) is 76.5 cm³/mol. The SMILES string of the molecule is O=C1NC2(CCCCCC2)C(=O)N1Cc1nccc(C(F)(F)F)n1. The Hall–Kier alpha value is -2.19. The van der Waals surface area contributed by atoms with Gasteiger partial charge in [0.05, 0.1) is 6.54 Å². The summed E-state index contributed by atoms with van der Waals surface area (Å²) in [6.45, 7) is -0.365. The lowest BCUT2D eigenvalue weighted by Crippen LogP contribution is -2.46. The molecule has 130 valence electrons. The smallest absolute Gasteiger partial charge is 0.323 e. The zero-order valence-electron chi connectivity index (χ0n) is 12.9. The van der Waals surface area contributed by atoms with Gasteiger partial charge in [-0.15, -0.1) is 0 Å². The minimum atomic E-state index is -4.60.